The van der Waals surface area contributed by atoms with Crippen LogP contribution in [0.25, 0.3) is 0 Å². The van der Waals surface area contributed by atoms with Crippen LogP contribution in [0.3, 0.4) is 0 Å². The molecule has 2 N–H and O–H groups in total. The van der Waals surface area contributed by atoms with Gasteiger partial charge in [0.05, 0.1) is 18.2 Å². The summed E-state index contributed by atoms with van der Waals surface area (Å²) in [6.07, 6.45) is 5.24. The molecular weight excluding hydrogens is 240 g/mol. The highest BCUT2D eigenvalue weighted by atomic mass is 16.5. The molecule has 4 heteroatoms. The maximum Gasteiger partial charge on any atom is 0.0628 e. The Bertz CT molecular complexity index is 263. The summed E-state index contributed by atoms with van der Waals surface area (Å²) >= 11 is 0. The van der Waals surface area contributed by atoms with Gasteiger partial charge in [0, 0.05) is 26.2 Å². The molecule has 1 aliphatic heterocycles. The monoisotopic (exact) mass is 270 g/mol. The number of ether oxygens (including phenoxy) is 1. The smallest absolute Gasteiger partial charge is 0.0628 e. The molecule has 1 saturated heterocycles. The maximum absolute atomic E-state index is 9.87. The largest absolute Gasteiger partial charge is 0.394 e. The van der Waals surface area contributed by atoms with Crippen molar-refractivity contribution in [1.82, 2.24) is 10.2 Å². The van der Waals surface area contributed by atoms with E-state index >= 15 is 0 Å². The Hall–Kier alpha value is -0.160. The van der Waals surface area contributed by atoms with Crippen LogP contribution in [0.4, 0.5) is 0 Å². The van der Waals surface area contributed by atoms with Crippen LogP contribution >= 0.6 is 0 Å². The Morgan fingerprint density at radius 3 is 2.37 bits per heavy atom. The number of hydrogen-bond donors (Lipinski definition) is 2. The van der Waals surface area contributed by atoms with Gasteiger partial charge in [-0.15, -0.1) is 0 Å². The first-order valence-electron chi connectivity index (χ1n) is 7.94. The summed E-state index contributed by atoms with van der Waals surface area (Å²) in [5.41, 5.74) is -0.0623. The van der Waals surface area contributed by atoms with E-state index in [0.29, 0.717) is 12.0 Å². The molecule has 0 radical (unpaired) electrons. The summed E-state index contributed by atoms with van der Waals surface area (Å²) in [7, 11) is 0. The third-order valence-corrected chi connectivity index (χ3v) is 4.61. The fraction of sp³-hybridized carbons (Fsp3) is 1.00. The highest BCUT2D eigenvalue weighted by molar-refractivity contribution is 5.03. The molecule has 112 valence electrons. The van der Waals surface area contributed by atoms with E-state index in [2.05, 4.69) is 24.1 Å². The molecular formula is C15H30N2O2. The van der Waals surface area contributed by atoms with E-state index in [9.17, 15) is 5.11 Å². The van der Waals surface area contributed by atoms with Crippen LogP contribution in [0.2, 0.25) is 0 Å². The molecule has 1 heterocycles. The van der Waals surface area contributed by atoms with E-state index in [-0.39, 0.29) is 12.1 Å². The van der Waals surface area contributed by atoms with E-state index in [0.717, 1.165) is 45.6 Å². The number of likely N-dealkylation sites (tertiary alicyclic amines) is 1. The predicted molar refractivity (Wildman–Crippen MR) is 77.3 cm³/mol. The molecule has 1 unspecified atom stereocenters. The van der Waals surface area contributed by atoms with E-state index in [1.165, 1.54) is 12.8 Å². The first kappa shape index (κ1) is 15.2. The zero-order valence-electron chi connectivity index (χ0n) is 12.5. The van der Waals surface area contributed by atoms with Gasteiger partial charge in [0.25, 0.3) is 0 Å². The Morgan fingerprint density at radius 2 is 1.89 bits per heavy atom. The van der Waals surface area contributed by atoms with Gasteiger partial charge in [0.2, 0.25) is 0 Å². The van der Waals surface area contributed by atoms with Crippen LogP contribution in [0.15, 0.2) is 0 Å². The molecule has 0 bridgehead atoms. The molecule has 1 aliphatic carbocycles. The third-order valence-electron chi connectivity index (χ3n) is 4.61. The Morgan fingerprint density at radius 1 is 1.21 bits per heavy atom. The van der Waals surface area contributed by atoms with E-state index in [1.54, 1.807) is 0 Å². The molecule has 19 heavy (non-hydrogen) atoms. The lowest BCUT2D eigenvalue weighted by Crippen LogP contribution is -2.59. The summed E-state index contributed by atoms with van der Waals surface area (Å²) in [4.78, 5) is 2.51. The van der Waals surface area contributed by atoms with E-state index in [1.807, 2.05) is 0 Å². The van der Waals surface area contributed by atoms with Crippen LogP contribution < -0.4 is 5.32 Å². The van der Waals surface area contributed by atoms with Gasteiger partial charge in [-0.2, -0.15) is 0 Å². The lowest BCUT2D eigenvalue weighted by atomic mass is 9.92. The van der Waals surface area contributed by atoms with Crippen molar-refractivity contribution in [1.29, 1.82) is 0 Å². The number of hydrogen-bond acceptors (Lipinski definition) is 4. The van der Waals surface area contributed by atoms with Crippen molar-refractivity contribution in [3.63, 3.8) is 0 Å². The van der Waals surface area contributed by atoms with Crippen molar-refractivity contribution in [3.8, 4) is 0 Å². The number of rotatable bonds is 8. The van der Waals surface area contributed by atoms with Crippen molar-refractivity contribution in [2.45, 2.75) is 51.2 Å². The van der Waals surface area contributed by atoms with Gasteiger partial charge in [-0.1, -0.05) is 6.92 Å². The van der Waals surface area contributed by atoms with Crippen molar-refractivity contribution in [2.24, 2.45) is 5.92 Å². The number of likely N-dealkylation sites (N-methyl/N-ethyl adjacent to an activating group) is 1. The molecule has 0 aromatic carbocycles. The number of nitrogens with zero attached hydrogens (tertiary/aromatic N) is 1. The van der Waals surface area contributed by atoms with E-state index in [4.69, 9.17) is 4.74 Å². The minimum Gasteiger partial charge on any atom is -0.394 e. The second-order valence-electron chi connectivity index (χ2n) is 6.05. The molecule has 2 fully saturated rings. The average molecular weight is 270 g/mol. The summed E-state index contributed by atoms with van der Waals surface area (Å²) < 4.78 is 5.70. The fourth-order valence-corrected chi connectivity index (χ4v) is 3.42. The Labute approximate surface area is 117 Å². The molecule has 1 saturated carbocycles. The normalized spacial score (nSPS) is 25.4. The van der Waals surface area contributed by atoms with Gasteiger partial charge >= 0.3 is 0 Å². The van der Waals surface area contributed by atoms with Gasteiger partial charge < -0.3 is 20.1 Å². The molecule has 0 amide bonds. The van der Waals surface area contributed by atoms with Crippen LogP contribution in [0.5, 0.6) is 0 Å². The SMILES string of the molecule is CCNC(CO)(CN1CCC(OCC)CC1)C1CC1. The lowest BCUT2D eigenvalue weighted by molar-refractivity contribution is 0.00107. The van der Waals surface area contributed by atoms with Gasteiger partial charge in [-0.3, -0.25) is 0 Å². The van der Waals surface area contributed by atoms with Gasteiger partial charge in [-0.05, 0) is 45.1 Å². The molecule has 4 nitrogen and oxygen atoms in total. The summed E-state index contributed by atoms with van der Waals surface area (Å²) in [5, 5.41) is 13.4. The Kier molecular flexibility index (Phi) is 5.63. The van der Waals surface area contributed by atoms with Crippen LogP contribution in [0, 0.1) is 5.92 Å². The average Bonchev–Trinajstić information content (AvgIpc) is 3.25. The zero-order valence-corrected chi connectivity index (χ0v) is 12.5. The number of aliphatic hydroxyl groups excluding tert-OH is 1. The zero-order chi connectivity index (χ0) is 13.7. The van der Waals surface area contributed by atoms with Crippen molar-refractivity contribution < 1.29 is 9.84 Å². The second kappa shape index (κ2) is 7.02. The highest BCUT2D eigenvalue weighted by Crippen LogP contribution is 2.40. The van der Waals surface area contributed by atoms with Crippen LogP contribution in [-0.2, 0) is 4.74 Å². The summed E-state index contributed by atoms with van der Waals surface area (Å²) in [6, 6.07) is 0. The molecule has 0 spiro atoms. The molecule has 2 rings (SSSR count). The molecule has 0 aromatic rings. The predicted octanol–water partition coefficient (Wildman–Crippen LogP) is 1.24. The second-order valence-corrected chi connectivity index (χ2v) is 6.05. The first-order valence-corrected chi connectivity index (χ1v) is 7.94. The van der Waals surface area contributed by atoms with Crippen molar-refractivity contribution in [2.75, 3.05) is 39.4 Å². The number of aliphatic hydroxyl groups is 1. The maximum atomic E-state index is 9.87. The summed E-state index contributed by atoms with van der Waals surface area (Å²) in [6.45, 7) is 9.42. The number of nitrogens with one attached hydrogen (secondary N) is 1. The van der Waals surface area contributed by atoms with E-state index < -0.39 is 0 Å². The lowest BCUT2D eigenvalue weighted by Gasteiger charge is -2.41. The number of piperidine rings is 1. The third kappa shape index (κ3) is 3.91. The van der Waals surface area contributed by atoms with Crippen molar-refractivity contribution in [3.05, 3.63) is 0 Å². The van der Waals surface area contributed by atoms with Gasteiger partial charge in [0.15, 0.2) is 0 Å². The van der Waals surface area contributed by atoms with Gasteiger partial charge in [-0.25, -0.2) is 0 Å². The first-order chi connectivity index (χ1) is 9.24. The fourth-order valence-electron chi connectivity index (χ4n) is 3.42. The van der Waals surface area contributed by atoms with Crippen LogP contribution in [0.1, 0.15) is 39.5 Å². The molecule has 0 aromatic heterocycles. The molecule has 1 atom stereocenters. The standard InChI is InChI=1S/C15H30N2O2/c1-3-16-15(12-18,13-5-6-13)11-17-9-7-14(8-10-17)19-4-2/h13-14,16,18H,3-12H2,1-2H3. The Balaban J connectivity index is 1.84. The quantitative estimate of drug-likeness (QED) is 0.696. The minimum atomic E-state index is -0.0623. The minimum absolute atomic E-state index is 0.0623. The summed E-state index contributed by atoms with van der Waals surface area (Å²) in [5.74, 6) is 0.669. The highest BCUT2D eigenvalue weighted by Gasteiger charge is 2.45. The topological polar surface area (TPSA) is 44.7 Å². The van der Waals surface area contributed by atoms with Crippen LogP contribution in [-0.4, -0.2) is 61.0 Å². The molecule has 2 aliphatic rings. The van der Waals surface area contributed by atoms with Gasteiger partial charge in [0.1, 0.15) is 0 Å². The van der Waals surface area contributed by atoms with Crippen molar-refractivity contribution >= 4 is 0 Å².